The zero-order valence-corrected chi connectivity index (χ0v) is 16.1. The Kier molecular flexibility index (Phi) is 6.00. The van der Waals surface area contributed by atoms with Gasteiger partial charge in [0, 0.05) is 28.0 Å². The van der Waals surface area contributed by atoms with Crippen LogP contribution >= 0.6 is 23.2 Å². The molecule has 29 heavy (non-hydrogen) atoms. The minimum absolute atomic E-state index is 0.0108. The molecule has 9 heteroatoms. The number of nitrogens with zero attached hydrogens (tertiary/aromatic N) is 1. The highest BCUT2D eigenvalue weighted by molar-refractivity contribution is 6.35. The third kappa shape index (κ3) is 5.19. The fraction of sp³-hybridized carbons (Fsp3) is 0.100. The van der Waals surface area contributed by atoms with Crippen LogP contribution in [0.15, 0.2) is 65.6 Å². The number of nitrogens with one attached hydrogen (secondary N) is 1. The topological polar surface area (TPSA) is 51.1 Å². The Morgan fingerprint density at radius 1 is 1.03 bits per heavy atom. The Morgan fingerprint density at radius 2 is 1.79 bits per heavy atom. The average Bonchev–Trinajstić information content (AvgIpc) is 2.65. The zero-order valence-electron chi connectivity index (χ0n) is 14.6. The van der Waals surface area contributed by atoms with Crippen molar-refractivity contribution in [2.45, 2.75) is 12.7 Å². The van der Waals surface area contributed by atoms with E-state index in [1.807, 2.05) is 0 Å². The minimum Gasteiger partial charge on any atom is -0.322 e. The molecular formula is C20H13Cl2F3N2O2. The van der Waals surface area contributed by atoms with Gasteiger partial charge in [-0.2, -0.15) is 13.2 Å². The maximum atomic E-state index is 12.8. The van der Waals surface area contributed by atoms with Crippen LogP contribution in [0.1, 0.15) is 21.5 Å². The van der Waals surface area contributed by atoms with E-state index in [-0.39, 0.29) is 23.4 Å². The van der Waals surface area contributed by atoms with Crippen LogP contribution in [0.25, 0.3) is 0 Å². The summed E-state index contributed by atoms with van der Waals surface area (Å²) in [5.74, 6) is -0.653. The number of hydrogen-bond acceptors (Lipinski definition) is 2. The second kappa shape index (κ2) is 8.31. The number of amides is 1. The molecule has 0 saturated carbocycles. The molecule has 1 N–H and O–H groups in total. The summed E-state index contributed by atoms with van der Waals surface area (Å²) >= 11 is 12.0. The summed E-state index contributed by atoms with van der Waals surface area (Å²) in [4.78, 5) is 24.6. The van der Waals surface area contributed by atoms with Gasteiger partial charge in [-0.25, -0.2) is 0 Å². The molecule has 1 amide bonds. The number of alkyl halides is 3. The minimum atomic E-state index is -4.52. The summed E-state index contributed by atoms with van der Waals surface area (Å²) in [6.45, 7) is 0.0967. The molecule has 150 valence electrons. The summed E-state index contributed by atoms with van der Waals surface area (Å²) < 4.78 is 39.7. The summed E-state index contributed by atoms with van der Waals surface area (Å²) in [6.07, 6.45) is -3.21. The van der Waals surface area contributed by atoms with Crippen molar-refractivity contribution in [1.29, 1.82) is 0 Å². The first-order valence-electron chi connectivity index (χ1n) is 8.26. The van der Waals surface area contributed by atoms with E-state index < -0.39 is 17.6 Å². The highest BCUT2D eigenvalue weighted by Gasteiger charge is 2.30. The summed E-state index contributed by atoms with van der Waals surface area (Å²) in [5.41, 5.74) is -0.534. The molecule has 0 aliphatic carbocycles. The molecule has 4 nitrogen and oxygen atoms in total. The first kappa shape index (κ1) is 21.0. The van der Waals surface area contributed by atoms with Gasteiger partial charge in [0.2, 0.25) is 0 Å². The van der Waals surface area contributed by atoms with Crippen LogP contribution in [-0.2, 0) is 12.7 Å². The molecule has 0 aliphatic heterocycles. The standard InChI is InChI=1S/C20H13Cl2F3N2O2/c21-15-6-4-12(17(22)9-15)10-27-11-13(5-7-18(27)28)19(29)26-16-3-1-2-14(8-16)20(23,24)25/h1-9,11H,10H2,(H,26,29). The smallest absolute Gasteiger partial charge is 0.322 e. The lowest BCUT2D eigenvalue weighted by atomic mass is 10.2. The number of aromatic nitrogens is 1. The fourth-order valence-electron chi connectivity index (χ4n) is 2.60. The van der Waals surface area contributed by atoms with Gasteiger partial charge in [-0.15, -0.1) is 0 Å². The van der Waals surface area contributed by atoms with Crippen molar-refractivity contribution in [2.24, 2.45) is 0 Å². The molecule has 2 aromatic carbocycles. The first-order chi connectivity index (χ1) is 13.6. The Bertz CT molecular complexity index is 1130. The monoisotopic (exact) mass is 440 g/mol. The molecule has 0 radical (unpaired) electrons. The lowest BCUT2D eigenvalue weighted by Gasteiger charge is -2.12. The Hall–Kier alpha value is -2.77. The van der Waals surface area contributed by atoms with Crippen molar-refractivity contribution in [3.05, 3.63) is 97.9 Å². The van der Waals surface area contributed by atoms with Crippen molar-refractivity contribution in [2.75, 3.05) is 5.32 Å². The van der Waals surface area contributed by atoms with Crippen molar-refractivity contribution >= 4 is 34.8 Å². The maximum Gasteiger partial charge on any atom is 0.416 e. The van der Waals surface area contributed by atoms with Gasteiger partial charge < -0.3 is 9.88 Å². The Morgan fingerprint density at radius 3 is 2.48 bits per heavy atom. The van der Waals surface area contributed by atoms with Crippen LogP contribution in [0, 0.1) is 0 Å². The summed E-state index contributed by atoms with van der Waals surface area (Å²) in [5, 5.41) is 3.21. The lowest BCUT2D eigenvalue weighted by Crippen LogP contribution is -2.22. The van der Waals surface area contributed by atoms with Crippen molar-refractivity contribution in [3.63, 3.8) is 0 Å². The number of pyridine rings is 1. The van der Waals surface area contributed by atoms with E-state index in [1.54, 1.807) is 12.1 Å². The molecular weight excluding hydrogens is 428 g/mol. The predicted octanol–water partition coefficient (Wildman–Crippen LogP) is 5.47. The zero-order chi connectivity index (χ0) is 21.2. The predicted molar refractivity (Wildman–Crippen MR) is 106 cm³/mol. The van der Waals surface area contributed by atoms with Gasteiger partial charge in [0.05, 0.1) is 17.7 Å². The van der Waals surface area contributed by atoms with E-state index in [2.05, 4.69) is 5.32 Å². The first-order valence-corrected chi connectivity index (χ1v) is 9.02. The van der Waals surface area contributed by atoms with E-state index in [9.17, 15) is 22.8 Å². The molecule has 0 spiro atoms. The van der Waals surface area contributed by atoms with E-state index in [0.29, 0.717) is 15.6 Å². The highest BCUT2D eigenvalue weighted by atomic mass is 35.5. The van der Waals surface area contributed by atoms with Crippen molar-refractivity contribution < 1.29 is 18.0 Å². The normalized spacial score (nSPS) is 11.3. The van der Waals surface area contributed by atoms with Crippen LogP contribution in [0.2, 0.25) is 10.0 Å². The maximum absolute atomic E-state index is 12.8. The molecule has 0 fully saturated rings. The number of carbonyl (C=O) groups is 1. The Labute approximate surface area is 173 Å². The van der Waals surface area contributed by atoms with Crippen LogP contribution < -0.4 is 10.9 Å². The molecule has 0 aliphatic rings. The van der Waals surface area contributed by atoms with E-state index >= 15 is 0 Å². The van der Waals surface area contributed by atoms with Crippen LogP contribution in [-0.4, -0.2) is 10.5 Å². The molecule has 0 unspecified atom stereocenters. The van der Waals surface area contributed by atoms with Gasteiger partial charge in [0.15, 0.2) is 0 Å². The van der Waals surface area contributed by atoms with Crippen LogP contribution in [0.5, 0.6) is 0 Å². The van der Waals surface area contributed by atoms with Gasteiger partial charge in [-0.3, -0.25) is 9.59 Å². The van der Waals surface area contributed by atoms with Gasteiger partial charge in [0.1, 0.15) is 0 Å². The third-order valence-corrected chi connectivity index (χ3v) is 4.64. The number of anilines is 1. The molecule has 3 aromatic rings. The number of rotatable bonds is 4. The summed E-state index contributed by atoms with van der Waals surface area (Å²) in [6, 6.07) is 11.6. The summed E-state index contributed by atoms with van der Waals surface area (Å²) in [7, 11) is 0. The van der Waals surface area contributed by atoms with Gasteiger partial charge in [-0.05, 0) is 42.0 Å². The van der Waals surface area contributed by atoms with Crippen molar-refractivity contribution in [3.8, 4) is 0 Å². The SMILES string of the molecule is O=C(Nc1cccc(C(F)(F)F)c1)c1ccc(=O)n(Cc2ccc(Cl)cc2Cl)c1. The van der Waals surface area contributed by atoms with Gasteiger partial charge in [0.25, 0.3) is 11.5 Å². The van der Waals surface area contributed by atoms with E-state index in [4.69, 9.17) is 23.2 Å². The Balaban J connectivity index is 1.84. The van der Waals surface area contributed by atoms with Crippen LogP contribution in [0.4, 0.5) is 18.9 Å². The second-order valence-corrected chi connectivity index (χ2v) is 7.00. The number of benzene rings is 2. The van der Waals surface area contributed by atoms with E-state index in [1.165, 1.54) is 41.1 Å². The quantitative estimate of drug-likeness (QED) is 0.584. The van der Waals surface area contributed by atoms with E-state index in [0.717, 1.165) is 12.1 Å². The average molecular weight is 441 g/mol. The fourth-order valence-corrected chi connectivity index (χ4v) is 3.07. The van der Waals surface area contributed by atoms with Crippen LogP contribution in [0.3, 0.4) is 0 Å². The van der Waals surface area contributed by atoms with Crippen molar-refractivity contribution in [1.82, 2.24) is 4.57 Å². The number of halogens is 5. The molecule has 1 aromatic heterocycles. The largest absolute Gasteiger partial charge is 0.416 e. The number of hydrogen-bond donors (Lipinski definition) is 1. The molecule has 0 atom stereocenters. The van der Waals surface area contributed by atoms with Gasteiger partial charge >= 0.3 is 6.18 Å². The molecule has 0 saturated heterocycles. The lowest BCUT2D eigenvalue weighted by molar-refractivity contribution is -0.137. The van der Waals surface area contributed by atoms with Gasteiger partial charge in [-0.1, -0.05) is 35.3 Å². The molecule has 3 rings (SSSR count). The third-order valence-electron chi connectivity index (χ3n) is 4.05. The highest BCUT2D eigenvalue weighted by Crippen LogP contribution is 2.30. The second-order valence-electron chi connectivity index (χ2n) is 6.15. The molecule has 0 bridgehead atoms. The molecule has 1 heterocycles. The number of carbonyl (C=O) groups excluding carboxylic acids is 1.